The maximum Gasteiger partial charge on any atom is 0.254 e. The van der Waals surface area contributed by atoms with Crippen molar-refractivity contribution in [3.63, 3.8) is 0 Å². The van der Waals surface area contributed by atoms with Crippen molar-refractivity contribution in [2.24, 2.45) is 0 Å². The molecule has 0 unspecified atom stereocenters. The minimum Gasteiger partial charge on any atom is -0.364 e. The molecular weight excluding hydrogens is 340 g/mol. The highest BCUT2D eigenvalue weighted by molar-refractivity contribution is 6.07. The summed E-state index contributed by atoms with van der Waals surface area (Å²) in [5, 5.41) is 4.77. The second-order valence-electron chi connectivity index (χ2n) is 6.32. The average Bonchev–Trinajstić information content (AvgIpc) is 3.27. The van der Waals surface area contributed by atoms with E-state index in [0.29, 0.717) is 11.3 Å². The molecule has 4 aromatic rings. The zero-order valence-electron chi connectivity index (χ0n) is 15.0. The minimum atomic E-state index is -0.215. The number of carbonyl (C=O) groups excluding carboxylic acids is 1. The Hall–Kier alpha value is -3.54. The monoisotopic (exact) mass is 358 g/mol. The number of pyridine rings is 2. The molecule has 0 spiro atoms. The Morgan fingerprint density at radius 2 is 1.89 bits per heavy atom. The molecule has 0 bridgehead atoms. The van der Waals surface area contributed by atoms with Crippen molar-refractivity contribution in [3.8, 4) is 11.3 Å². The summed E-state index contributed by atoms with van der Waals surface area (Å²) < 4.78 is 4.91. The van der Waals surface area contributed by atoms with Crippen LogP contribution in [0.1, 0.15) is 29.0 Å². The quantitative estimate of drug-likeness (QED) is 0.549. The van der Waals surface area contributed by atoms with Crippen LogP contribution in [0.25, 0.3) is 22.2 Å². The van der Waals surface area contributed by atoms with Crippen LogP contribution >= 0.6 is 0 Å². The first-order valence-corrected chi connectivity index (χ1v) is 8.63. The molecular formula is C21H18N4O2. The Morgan fingerprint density at radius 3 is 2.63 bits per heavy atom. The van der Waals surface area contributed by atoms with Crippen LogP contribution < -0.4 is 0 Å². The van der Waals surface area contributed by atoms with Crippen LogP contribution in [0.3, 0.4) is 0 Å². The molecule has 1 atom stereocenters. The highest BCUT2D eigenvalue weighted by atomic mass is 16.5. The van der Waals surface area contributed by atoms with Crippen molar-refractivity contribution in [2.75, 3.05) is 7.05 Å². The van der Waals surface area contributed by atoms with Gasteiger partial charge in [0.15, 0.2) is 0 Å². The Labute approximate surface area is 156 Å². The van der Waals surface area contributed by atoms with E-state index < -0.39 is 0 Å². The molecule has 0 N–H and O–H groups in total. The first-order valence-electron chi connectivity index (χ1n) is 8.63. The van der Waals surface area contributed by atoms with Gasteiger partial charge >= 0.3 is 0 Å². The lowest BCUT2D eigenvalue weighted by Crippen LogP contribution is -2.30. The second-order valence-corrected chi connectivity index (χ2v) is 6.32. The van der Waals surface area contributed by atoms with Gasteiger partial charge in [-0.2, -0.15) is 0 Å². The molecule has 1 amide bonds. The van der Waals surface area contributed by atoms with Gasteiger partial charge in [0.1, 0.15) is 12.0 Å². The fourth-order valence-electron chi connectivity index (χ4n) is 3.02. The molecule has 0 aliphatic heterocycles. The zero-order chi connectivity index (χ0) is 18.8. The van der Waals surface area contributed by atoms with Crippen LogP contribution in [-0.2, 0) is 0 Å². The molecule has 0 saturated carbocycles. The number of nitrogens with zero attached hydrogens (tertiary/aromatic N) is 4. The van der Waals surface area contributed by atoms with Crippen LogP contribution in [0.4, 0.5) is 0 Å². The summed E-state index contributed by atoms with van der Waals surface area (Å²) in [5.74, 6) is -0.0978. The summed E-state index contributed by atoms with van der Waals surface area (Å²) in [6.07, 6.45) is 4.94. The Kier molecular flexibility index (Phi) is 4.38. The number of fused-ring (bicyclic) bond motifs is 1. The predicted molar refractivity (Wildman–Crippen MR) is 102 cm³/mol. The molecule has 0 fully saturated rings. The third-order valence-corrected chi connectivity index (χ3v) is 4.71. The number of hydrogen-bond acceptors (Lipinski definition) is 5. The molecule has 3 heterocycles. The van der Waals surface area contributed by atoms with Gasteiger partial charge in [-0.05, 0) is 31.2 Å². The minimum absolute atomic E-state index is 0.0978. The normalized spacial score (nSPS) is 12.1. The first-order chi connectivity index (χ1) is 13.1. The van der Waals surface area contributed by atoms with Crippen LogP contribution in [-0.4, -0.2) is 33.0 Å². The third-order valence-electron chi connectivity index (χ3n) is 4.71. The highest BCUT2D eigenvalue weighted by Crippen LogP contribution is 2.27. The van der Waals surface area contributed by atoms with Crippen LogP contribution in [0, 0.1) is 0 Å². The maximum atomic E-state index is 13.3. The van der Waals surface area contributed by atoms with Crippen LogP contribution in [0.2, 0.25) is 0 Å². The molecule has 3 aromatic heterocycles. The molecule has 134 valence electrons. The molecule has 0 radical (unpaired) electrons. The van der Waals surface area contributed by atoms with E-state index in [4.69, 9.17) is 9.51 Å². The lowest BCUT2D eigenvalue weighted by atomic mass is 10.0. The van der Waals surface area contributed by atoms with Crippen molar-refractivity contribution in [2.45, 2.75) is 13.0 Å². The number of para-hydroxylation sites is 1. The van der Waals surface area contributed by atoms with Crippen LogP contribution in [0.5, 0.6) is 0 Å². The lowest BCUT2D eigenvalue weighted by molar-refractivity contribution is 0.0739. The first kappa shape index (κ1) is 16.9. The van der Waals surface area contributed by atoms with E-state index >= 15 is 0 Å². The summed E-state index contributed by atoms with van der Waals surface area (Å²) in [6.45, 7) is 1.92. The Morgan fingerprint density at radius 1 is 1.11 bits per heavy atom. The topological polar surface area (TPSA) is 72.1 Å². The standard InChI is InChI=1S/C21H18N4O2/c1-14(18-9-12-27-24-18)25(2)21(26)17-13-20(15-7-10-22-11-8-15)23-19-6-4-3-5-16(17)19/h3-14H,1-2H3/t14-/m1/s1. The second kappa shape index (κ2) is 6.99. The Bertz CT molecular complexity index is 1080. The van der Waals surface area contributed by atoms with Gasteiger partial charge in [-0.1, -0.05) is 23.4 Å². The van der Waals surface area contributed by atoms with E-state index in [1.165, 1.54) is 6.26 Å². The summed E-state index contributed by atoms with van der Waals surface area (Å²) in [6, 6.07) is 14.8. The molecule has 6 nitrogen and oxygen atoms in total. The maximum absolute atomic E-state index is 13.3. The number of aromatic nitrogens is 3. The molecule has 4 rings (SSSR count). The summed E-state index contributed by atoms with van der Waals surface area (Å²) >= 11 is 0. The molecule has 0 aliphatic carbocycles. The van der Waals surface area contributed by atoms with Gasteiger partial charge in [0.25, 0.3) is 5.91 Å². The fraction of sp³-hybridized carbons (Fsp3) is 0.143. The van der Waals surface area contributed by atoms with Gasteiger partial charge < -0.3 is 9.42 Å². The van der Waals surface area contributed by atoms with Crippen molar-refractivity contribution in [1.29, 1.82) is 0 Å². The van der Waals surface area contributed by atoms with E-state index in [2.05, 4.69) is 10.1 Å². The van der Waals surface area contributed by atoms with Gasteiger partial charge in [-0.3, -0.25) is 9.78 Å². The summed E-state index contributed by atoms with van der Waals surface area (Å²) in [4.78, 5) is 23.7. The van der Waals surface area contributed by atoms with Crippen molar-refractivity contribution >= 4 is 16.8 Å². The SMILES string of the molecule is C[C@H](c1ccon1)N(C)C(=O)c1cc(-c2ccncc2)nc2ccccc12. The molecule has 0 aliphatic rings. The smallest absolute Gasteiger partial charge is 0.254 e. The molecule has 1 aromatic carbocycles. The van der Waals surface area contributed by atoms with E-state index in [-0.39, 0.29) is 11.9 Å². The number of hydrogen-bond donors (Lipinski definition) is 0. The largest absolute Gasteiger partial charge is 0.364 e. The van der Waals surface area contributed by atoms with Gasteiger partial charge in [0, 0.05) is 36.5 Å². The number of carbonyl (C=O) groups is 1. The number of rotatable bonds is 4. The van der Waals surface area contributed by atoms with Crippen LogP contribution in [0.15, 0.2) is 71.7 Å². The Balaban J connectivity index is 1.81. The van der Waals surface area contributed by atoms with Crippen molar-refractivity contribution in [1.82, 2.24) is 20.0 Å². The third kappa shape index (κ3) is 3.17. The van der Waals surface area contributed by atoms with E-state index in [1.807, 2.05) is 49.4 Å². The number of benzene rings is 1. The lowest BCUT2D eigenvalue weighted by Gasteiger charge is -2.24. The summed E-state index contributed by atoms with van der Waals surface area (Å²) in [7, 11) is 1.77. The summed E-state index contributed by atoms with van der Waals surface area (Å²) in [5.41, 5.74) is 3.74. The molecule has 27 heavy (non-hydrogen) atoms. The van der Waals surface area contributed by atoms with Gasteiger partial charge in [0.05, 0.1) is 22.8 Å². The highest BCUT2D eigenvalue weighted by Gasteiger charge is 2.23. The van der Waals surface area contributed by atoms with Gasteiger partial charge in [-0.15, -0.1) is 0 Å². The average molecular weight is 358 g/mol. The molecule has 0 saturated heterocycles. The number of amides is 1. The van der Waals surface area contributed by atoms with E-state index in [0.717, 1.165) is 22.2 Å². The van der Waals surface area contributed by atoms with Gasteiger partial charge in [-0.25, -0.2) is 4.98 Å². The van der Waals surface area contributed by atoms with E-state index in [9.17, 15) is 4.79 Å². The van der Waals surface area contributed by atoms with E-state index in [1.54, 1.807) is 30.4 Å². The zero-order valence-corrected chi connectivity index (χ0v) is 15.0. The van der Waals surface area contributed by atoms with Crippen molar-refractivity contribution < 1.29 is 9.32 Å². The predicted octanol–water partition coefficient (Wildman–Crippen LogP) is 4.12. The van der Waals surface area contributed by atoms with Gasteiger partial charge in [0.2, 0.25) is 0 Å². The van der Waals surface area contributed by atoms with Crippen molar-refractivity contribution in [3.05, 3.63) is 78.4 Å². The fourth-order valence-corrected chi connectivity index (χ4v) is 3.02. The molecule has 6 heteroatoms.